The highest BCUT2D eigenvalue weighted by Gasteiger charge is 2.19. The quantitative estimate of drug-likeness (QED) is 0.318. The lowest BCUT2D eigenvalue weighted by molar-refractivity contribution is 0.102. The van der Waals surface area contributed by atoms with Gasteiger partial charge in [0.25, 0.3) is 5.91 Å². The van der Waals surface area contributed by atoms with Gasteiger partial charge in [-0.2, -0.15) is 5.10 Å². The molecule has 0 fully saturated rings. The highest BCUT2D eigenvalue weighted by molar-refractivity contribution is 6.05. The molecule has 4 aromatic carbocycles. The number of amides is 1. The molecule has 168 valence electrons. The zero-order valence-electron chi connectivity index (χ0n) is 19.9. The number of hydrogen-bond donors (Lipinski definition) is 1. The molecular weight excluding hydrogens is 418 g/mol. The van der Waals surface area contributed by atoms with Crippen molar-refractivity contribution in [3.05, 3.63) is 113 Å². The Morgan fingerprint density at radius 3 is 2.18 bits per heavy atom. The van der Waals surface area contributed by atoms with E-state index in [0.29, 0.717) is 5.69 Å². The van der Waals surface area contributed by atoms with Crippen molar-refractivity contribution in [2.24, 2.45) is 0 Å². The molecule has 1 aromatic heterocycles. The van der Waals surface area contributed by atoms with Gasteiger partial charge in [0, 0.05) is 11.3 Å². The van der Waals surface area contributed by atoms with Crippen LogP contribution in [0.5, 0.6) is 0 Å². The number of rotatable bonds is 4. The molecule has 0 saturated carbocycles. The summed E-state index contributed by atoms with van der Waals surface area (Å²) in [4.78, 5) is 13.4. The minimum absolute atomic E-state index is 0.220. The van der Waals surface area contributed by atoms with E-state index >= 15 is 0 Å². The van der Waals surface area contributed by atoms with Crippen LogP contribution in [0.25, 0.3) is 27.7 Å². The number of carbonyl (C=O) groups is 1. The number of nitrogens with zero attached hydrogens (tertiary/aromatic N) is 2. The summed E-state index contributed by atoms with van der Waals surface area (Å²) in [6.45, 7) is 8.15. The van der Waals surface area contributed by atoms with Crippen LogP contribution in [0.1, 0.15) is 32.7 Å². The molecule has 0 aliphatic carbocycles. The van der Waals surface area contributed by atoms with Crippen molar-refractivity contribution >= 4 is 22.4 Å². The van der Waals surface area contributed by atoms with Crippen LogP contribution in [-0.4, -0.2) is 15.7 Å². The first-order chi connectivity index (χ1) is 16.4. The molecule has 0 aliphatic heterocycles. The number of nitrogens with one attached hydrogen (secondary N) is 1. The monoisotopic (exact) mass is 445 g/mol. The molecule has 4 heteroatoms. The van der Waals surface area contributed by atoms with Gasteiger partial charge < -0.3 is 5.32 Å². The van der Waals surface area contributed by atoms with Gasteiger partial charge >= 0.3 is 0 Å². The van der Waals surface area contributed by atoms with E-state index in [1.807, 2.05) is 54.9 Å². The van der Waals surface area contributed by atoms with Crippen molar-refractivity contribution in [1.82, 2.24) is 9.78 Å². The fraction of sp³-hybridized carbons (Fsp3) is 0.133. The van der Waals surface area contributed by atoms with Gasteiger partial charge in [-0.25, -0.2) is 4.68 Å². The summed E-state index contributed by atoms with van der Waals surface area (Å²) < 4.78 is 1.87. The summed E-state index contributed by atoms with van der Waals surface area (Å²) in [6.07, 6.45) is 0. The number of aromatic nitrogens is 2. The first kappa shape index (κ1) is 21.7. The molecule has 34 heavy (non-hydrogen) atoms. The molecule has 0 unspecified atom stereocenters. The van der Waals surface area contributed by atoms with Crippen LogP contribution < -0.4 is 5.32 Å². The zero-order chi connectivity index (χ0) is 23.8. The van der Waals surface area contributed by atoms with Gasteiger partial charge in [-0.3, -0.25) is 4.79 Å². The van der Waals surface area contributed by atoms with Gasteiger partial charge in [-0.05, 0) is 67.8 Å². The lowest BCUT2D eigenvalue weighted by Gasteiger charge is -2.12. The molecule has 0 atom stereocenters. The number of carbonyl (C=O) groups excluding carboxylic acids is 1. The Morgan fingerprint density at radius 2 is 1.44 bits per heavy atom. The highest BCUT2D eigenvalue weighted by Crippen LogP contribution is 2.31. The number of fused-ring (bicyclic) bond motifs is 1. The summed E-state index contributed by atoms with van der Waals surface area (Å²) in [6, 6.07) is 28.7. The van der Waals surface area contributed by atoms with Gasteiger partial charge in [0.1, 0.15) is 0 Å². The zero-order valence-corrected chi connectivity index (χ0v) is 19.9. The van der Waals surface area contributed by atoms with Crippen molar-refractivity contribution in [3.63, 3.8) is 0 Å². The first-order valence-electron chi connectivity index (χ1n) is 11.4. The van der Waals surface area contributed by atoms with Crippen LogP contribution in [0.3, 0.4) is 0 Å². The van der Waals surface area contributed by atoms with E-state index in [-0.39, 0.29) is 5.91 Å². The minimum Gasteiger partial charge on any atom is -0.320 e. The van der Waals surface area contributed by atoms with E-state index in [2.05, 4.69) is 67.7 Å². The molecule has 5 rings (SSSR count). The highest BCUT2D eigenvalue weighted by atomic mass is 16.2. The van der Waals surface area contributed by atoms with Gasteiger partial charge in [0.15, 0.2) is 5.69 Å². The summed E-state index contributed by atoms with van der Waals surface area (Å²) in [5.74, 6) is -0.220. The van der Waals surface area contributed by atoms with Crippen LogP contribution in [0.15, 0.2) is 84.9 Å². The largest absolute Gasteiger partial charge is 0.320 e. The Labute approximate surface area is 199 Å². The van der Waals surface area contributed by atoms with Crippen molar-refractivity contribution < 1.29 is 4.79 Å². The van der Waals surface area contributed by atoms with Crippen LogP contribution in [0.2, 0.25) is 0 Å². The first-order valence-corrected chi connectivity index (χ1v) is 11.4. The Hall–Kier alpha value is -4.18. The second-order valence-corrected chi connectivity index (χ2v) is 8.92. The lowest BCUT2D eigenvalue weighted by atomic mass is 10.0. The fourth-order valence-electron chi connectivity index (χ4n) is 4.57. The molecule has 0 radical (unpaired) electrons. The van der Waals surface area contributed by atoms with Crippen molar-refractivity contribution in [3.8, 4) is 16.9 Å². The third-order valence-electron chi connectivity index (χ3n) is 6.20. The van der Waals surface area contributed by atoms with Gasteiger partial charge in [-0.1, -0.05) is 77.9 Å². The standard InChI is InChI=1S/C30H27N3O/c1-19-12-14-24(15-13-19)33-28(26-11-7-9-23-8-5-6-10-25(23)26)18-27(32-33)30(34)31-29-21(3)16-20(2)17-22(29)4/h5-18H,1-4H3,(H,31,34). The van der Waals surface area contributed by atoms with E-state index < -0.39 is 0 Å². The van der Waals surface area contributed by atoms with Crippen LogP contribution in [-0.2, 0) is 0 Å². The molecule has 0 saturated heterocycles. The normalized spacial score (nSPS) is 11.1. The van der Waals surface area contributed by atoms with Crippen LogP contribution >= 0.6 is 0 Å². The Bertz CT molecular complexity index is 1500. The number of aryl methyl sites for hydroxylation is 4. The molecule has 4 nitrogen and oxygen atoms in total. The summed E-state index contributed by atoms with van der Waals surface area (Å²) in [7, 11) is 0. The van der Waals surface area contributed by atoms with E-state index in [9.17, 15) is 4.79 Å². The van der Waals surface area contributed by atoms with Gasteiger partial charge in [0.05, 0.1) is 11.4 Å². The van der Waals surface area contributed by atoms with Crippen LogP contribution in [0.4, 0.5) is 5.69 Å². The Balaban J connectivity index is 1.64. The van der Waals surface area contributed by atoms with E-state index in [1.165, 1.54) is 11.1 Å². The average molecular weight is 446 g/mol. The second-order valence-electron chi connectivity index (χ2n) is 8.92. The number of hydrogen-bond acceptors (Lipinski definition) is 2. The van der Waals surface area contributed by atoms with Crippen molar-refractivity contribution in [2.45, 2.75) is 27.7 Å². The van der Waals surface area contributed by atoms with Crippen LogP contribution in [0, 0.1) is 27.7 Å². The molecule has 0 bridgehead atoms. The average Bonchev–Trinajstić information content (AvgIpc) is 3.27. The lowest BCUT2D eigenvalue weighted by Crippen LogP contribution is -2.15. The molecule has 0 aliphatic rings. The Morgan fingerprint density at radius 1 is 0.765 bits per heavy atom. The maximum absolute atomic E-state index is 13.4. The predicted octanol–water partition coefficient (Wildman–Crippen LogP) is 7.18. The SMILES string of the molecule is Cc1ccc(-n2nc(C(=O)Nc3c(C)cc(C)cc3C)cc2-c2cccc3ccccc23)cc1. The topological polar surface area (TPSA) is 46.9 Å². The van der Waals surface area contributed by atoms with Crippen molar-refractivity contribution in [2.75, 3.05) is 5.32 Å². The van der Waals surface area contributed by atoms with E-state index in [4.69, 9.17) is 5.10 Å². The smallest absolute Gasteiger partial charge is 0.276 e. The fourth-order valence-corrected chi connectivity index (χ4v) is 4.57. The van der Waals surface area contributed by atoms with E-state index in [1.54, 1.807) is 0 Å². The second kappa shape index (κ2) is 8.64. The maximum atomic E-state index is 13.4. The van der Waals surface area contributed by atoms with Gasteiger partial charge in [0.2, 0.25) is 0 Å². The summed E-state index contributed by atoms with van der Waals surface area (Å²) in [5, 5.41) is 10.1. The summed E-state index contributed by atoms with van der Waals surface area (Å²) >= 11 is 0. The molecular formula is C30H27N3O. The molecule has 0 spiro atoms. The Kier molecular flexibility index (Phi) is 5.50. The maximum Gasteiger partial charge on any atom is 0.276 e. The minimum atomic E-state index is -0.220. The third-order valence-corrected chi connectivity index (χ3v) is 6.20. The third kappa shape index (κ3) is 3.99. The number of anilines is 1. The van der Waals surface area contributed by atoms with Gasteiger partial charge in [-0.15, -0.1) is 0 Å². The van der Waals surface area contributed by atoms with Crippen molar-refractivity contribution in [1.29, 1.82) is 0 Å². The number of benzene rings is 4. The molecule has 1 heterocycles. The molecule has 1 N–H and O–H groups in total. The predicted molar refractivity (Wildman–Crippen MR) is 140 cm³/mol. The summed E-state index contributed by atoms with van der Waals surface area (Å²) in [5.41, 5.74) is 8.47. The van der Waals surface area contributed by atoms with E-state index in [0.717, 1.165) is 44.5 Å². The molecule has 1 amide bonds. The molecule has 5 aromatic rings.